The minimum Gasteiger partial charge on any atom is -0.381 e. The molecule has 1 unspecified atom stereocenters. The average Bonchev–Trinajstić information content (AvgIpc) is 2.77. The van der Waals surface area contributed by atoms with Gasteiger partial charge in [0.25, 0.3) is 0 Å². The molecule has 1 saturated heterocycles. The van der Waals surface area contributed by atoms with Crippen molar-refractivity contribution >= 4 is 0 Å². The number of hydrogen-bond acceptors (Lipinski definition) is 3. The zero-order chi connectivity index (χ0) is 11.6. The molecule has 0 spiro atoms. The third-order valence-corrected chi connectivity index (χ3v) is 3.39. The van der Waals surface area contributed by atoms with Crippen LogP contribution in [0.4, 0.5) is 0 Å². The van der Waals surface area contributed by atoms with E-state index in [4.69, 9.17) is 4.74 Å². The molecular weight excluding hydrogens is 202 g/mol. The van der Waals surface area contributed by atoms with Crippen molar-refractivity contribution in [2.75, 3.05) is 26.8 Å². The number of hydrogen-bond donors (Lipinski definition) is 1. The van der Waals surface area contributed by atoms with Crippen LogP contribution in [0, 0.1) is 12.3 Å². The summed E-state index contributed by atoms with van der Waals surface area (Å²) < 4.78 is 7.55. The lowest BCUT2D eigenvalue weighted by Gasteiger charge is -2.26. The van der Waals surface area contributed by atoms with Crippen LogP contribution in [0.2, 0.25) is 0 Å². The van der Waals surface area contributed by atoms with Crippen LogP contribution in [0.5, 0.6) is 0 Å². The highest BCUT2D eigenvalue weighted by atomic mass is 16.5. The third kappa shape index (κ3) is 2.28. The Morgan fingerprint density at radius 3 is 2.94 bits per heavy atom. The molecule has 90 valence electrons. The molecule has 1 aliphatic heterocycles. The van der Waals surface area contributed by atoms with Gasteiger partial charge in [0, 0.05) is 31.3 Å². The predicted octanol–water partition coefficient (Wildman–Crippen LogP) is 0.897. The lowest BCUT2D eigenvalue weighted by atomic mass is 9.82. The lowest BCUT2D eigenvalue weighted by Crippen LogP contribution is -2.35. The van der Waals surface area contributed by atoms with Gasteiger partial charge in [0.15, 0.2) is 0 Å². The highest BCUT2D eigenvalue weighted by Gasteiger charge is 2.35. The maximum absolute atomic E-state index is 5.56. The lowest BCUT2D eigenvalue weighted by molar-refractivity contribution is 0.149. The molecule has 1 fully saturated rings. The smallest absolute Gasteiger partial charge is 0.0596 e. The minimum atomic E-state index is 0.259. The molecule has 1 aromatic rings. The SMILES string of the molecule is CNCC1(Cc2cc(C)nn2C)CCOC1. The van der Waals surface area contributed by atoms with Gasteiger partial charge >= 0.3 is 0 Å². The Labute approximate surface area is 97.0 Å². The fourth-order valence-electron chi connectivity index (χ4n) is 2.58. The molecule has 4 heteroatoms. The van der Waals surface area contributed by atoms with E-state index in [9.17, 15) is 0 Å². The van der Waals surface area contributed by atoms with Crippen molar-refractivity contribution in [3.8, 4) is 0 Å². The molecule has 0 saturated carbocycles. The summed E-state index contributed by atoms with van der Waals surface area (Å²) in [5.74, 6) is 0. The summed E-state index contributed by atoms with van der Waals surface area (Å²) in [6.45, 7) is 4.80. The molecular formula is C12H21N3O. The van der Waals surface area contributed by atoms with Gasteiger partial charge in [-0.1, -0.05) is 0 Å². The molecule has 1 aromatic heterocycles. The Hall–Kier alpha value is -0.870. The van der Waals surface area contributed by atoms with Gasteiger partial charge in [0.2, 0.25) is 0 Å². The van der Waals surface area contributed by atoms with Gasteiger partial charge in [0.05, 0.1) is 12.3 Å². The van der Waals surface area contributed by atoms with Crippen molar-refractivity contribution in [1.29, 1.82) is 0 Å². The first-order chi connectivity index (χ1) is 7.65. The number of aryl methyl sites for hydroxylation is 2. The van der Waals surface area contributed by atoms with E-state index in [0.717, 1.165) is 38.3 Å². The second kappa shape index (κ2) is 4.55. The molecule has 1 aliphatic rings. The molecule has 0 bridgehead atoms. The molecule has 0 aliphatic carbocycles. The van der Waals surface area contributed by atoms with E-state index in [1.165, 1.54) is 5.69 Å². The molecule has 1 N–H and O–H groups in total. The second-order valence-electron chi connectivity index (χ2n) is 4.91. The van der Waals surface area contributed by atoms with Crippen molar-refractivity contribution in [2.45, 2.75) is 19.8 Å². The van der Waals surface area contributed by atoms with Crippen molar-refractivity contribution in [2.24, 2.45) is 12.5 Å². The fraction of sp³-hybridized carbons (Fsp3) is 0.750. The molecule has 0 aromatic carbocycles. The number of ether oxygens (including phenoxy) is 1. The predicted molar refractivity (Wildman–Crippen MR) is 63.4 cm³/mol. The average molecular weight is 223 g/mol. The van der Waals surface area contributed by atoms with E-state index >= 15 is 0 Å². The zero-order valence-electron chi connectivity index (χ0n) is 10.4. The summed E-state index contributed by atoms with van der Waals surface area (Å²) in [4.78, 5) is 0. The van der Waals surface area contributed by atoms with Crippen LogP contribution >= 0.6 is 0 Å². The zero-order valence-corrected chi connectivity index (χ0v) is 10.4. The van der Waals surface area contributed by atoms with E-state index in [2.05, 4.69) is 16.5 Å². The molecule has 1 atom stereocenters. The summed E-state index contributed by atoms with van der Waals surface area (Å²) in [5.41, 5.74) is 2.66. The standard InChI is InChI=1S/C12H21N3O/c1-10-6-11(15(3)14-10)7-12(8-13-2)4-5-16-9-12/h6,13H,4-5,7-9H2,1-3H3. The van der Waals surface area contributed by atoms with Gasteiger partial charge in [0.1, 0.15) is 0 Å². The van der Waals surface area contributed by atoms with Crippen molar-refractivity contribution in [1.82, 2.24) is 15.1 Å². The first kappa shape index (κ1) is 11.6. The largest absolute Gasteiger partial charge is 0.381 e. The van der Waals surface area contributed by atoms with Gasteiger partial charge < -0.3 is 10.1 Å². The van der Waals surface area contributed by atoms with Gasteiger partial charge in [-0.05, 0) is 32.9 Å². The van der Waals surface area contributed by atoms with E-state index in [-0.39, 0.29) is 5.41 Å². The van der Waals surface area contributed by atoms with Crippen LogP contribution in [-0.2, 0) is 18.2 Å². The maximum Gasteiger partial charge on any atom is 0.0596 e. The first-order valence-corrected chi connectivity index (χ1v) is 5.87. The molecule has 16 heavy (non-hydrogen) atoms. The van der Waals surface area contributed by atoms with Crippen molar-refractivity contribution in [3.05, 3.63) is 17.5 Å². The van der Waals surface area contributed by atoms with Gasteiger partial charge in [-0.15, -0.1) is 0 Å². The van der Waals surface area contributed by atoms with Gasteiger partial charge in [-0.2, -0.15) is 5.10 Å². The Balaban J connectivity index is 2.14. The highest BCUT2D eigenvalue weighted by Crippen LogP contribution is 2.32. The van der Waals surface area contributed by atoms with Crippen molar-refractivity contribution in [3.63, 3.8) is 0 Å². The first-order valence-electron chi connectivity index (χ1n) is 5.87. The normalized spacial score (nSPS) is 25.2. The molecule has 0 amide bonds. The monoisotopic (exact) mass is 223 g/mol. The fourth-order valence-corrected chi connectivity index (χ4v) is 2.58. The van der Waals surface area contributed by atoms with E-state index in [0.29, 0.717) is 0 Å². The van der Waals surface area contributed by atoms with E-state index in [1.807, 2.05) is 25.7 Å². The highest BCUT2D eigenvalue weighted by molar-refractivity contribution is 5.11. The summed E-state index contributed by atoms with van der Waals surface area (Å²) >= 11 is 0. The Kier molecular flexibility index (Phi) is 3.30. The van der Waals surface area contributed by atoms with Crippen LogP contribution in [0.25, 0.3) is 0 Å². The van der Waals surface area contributed by atoms with Crippen LogP contribution in [0.3, 0.4) is 0 Å². The van der Waals surface area contributed by atoms with Gasteiger partial charge in [-0.25, -0.2) is 0 Å². The minimum absolute atomic E-state index is 0.259. The van der Waals surface area contributed by atoms with Crippen LogP contribution in [0.1, 0.15) is 17.8 Å². The molecule has 0 radical (unpaired) electrons. The molecule has 2 heterocycles. The van der Waals surface area contributed by atoms with Crippen LogP contribution < -0.4 is 5.32 Å². The number of nitrogens with zero attached hydrogens (tertiary/aromatic N) is 2. The third-order valence-electron chi connectivity index (χ3n) is 3.39. The molecule has 4 nitrogen and oxygen atoms in total. The number of rotatable bonds is 4. The second-order valence-corrected chi connectivity index (χ2v) is 4.91. The summed E-state index contributed by atoms with van der Waals surface area (Å²) in [6.07, 6.45) is 2.18. The summed E-state index contributed by atoms with van der Waals surface area (Å²) in [7, 11) is 4.03. The maximum atomic E-state index is 5.56. The van der Waals surface area contributed by atoms with Gasteiger partial charge in [-0.3, -0.25) is 4.68 Å². The number of aromatic nitrogens is 2. The van der Waals surface area contributed by atoms with E-state index in [1.54, 1.807) is 0 Å². The van der Waals surface area contributed by atoms with Crippen LogP contribution in [-0.4, -0.2) is 36.6 Å². The Morgan fingerprint density at radius 2 is 2.44 bits per heavy atom. The topological polar surface area (TPSA) is 39.1 Å². The van der Waals surface area contributed by atoms with E-state index < -0.39 is 0 Å². The molecule has 2 rings (SSSR count). The summed E-state index contributed by atoms with van der Waals surface area (Å²) in [6, 6.07) is 2.18. The van der Waals surface area contributed by atoms with Crippen LogP contribution in [0.15, 0.2) is 6.07 Å². The Bertz CT molecular complexity index is 353. The number of nitrogens with one attached hydrogen (secondary N) is 1. The Morgan fingerprint density at radius 1 is 1.62 bits per heavy atom. The van der Waals surface area contributed by atoms with Crippen molar-refractivity contribution < 1.29 is 4.74 Å². The summed E-state index contributed by atoms with van der Waals surface area (Å²) in [5, 5.41) is 7.69. The quantitative estimate of drug-likeness (QED) is 0.824.